The van der Waals surface area contributed by atoms with Crippen LogP contribution in [-0.4, -0.2) is 13.2 Å². The lowest BCUT2D eigenvalue weighted by Gasteiger charge is -2.10. The lowest BCUT2D eigenvalue weighted by molar-refractivity contribution is 0.402. The Bertz CT molecular complexity index is 700. The van der Waals surface area contributed by atoms with Crippen LogP contribution in [0.15, 0.2) is 51.5 Å². The van der Waals surface area contributed by atoms with Gasteiger partial charge in [0.2, 0.25) is 0 Å². The minimum atomic E-state index is 0.311. The summed E-state index contributed by atoms with van der Waals surface area (Å²) in [7, 11) is 1.65. The average molecular weight is 285 g/mol. The van der Waals surface area contributed by atoms with E-state index in [-0.39, 0.29) is 0 Å². The van der Waals surface area contributed by atoms with Gasteiger partial charge in [0.25, 0.3) is 0 Å². The molecule has 1 unspecified atom stereocenters. The normalized spacial score (nSPS) is 12.7. The van der Waals surface area contributed by atoms with E-state index >= 15 is 0 Å². The van der Waals surface area contributed by atoms with Gasteiger partial charge in [-0.2, -0.15) is 0 Å². The van der Waals surface area contributed by atoms with Crippen LogP contribution < -0.4 is 10.1 Å². The van der Waals surface area contributed by atoms with Crippen molar-refractivity contribution in [3.8, 4) is 5.75 Å². The SMILES string of the molecule is COc1cccc2cc(CNC(C)Cc3ccco3)oc12. The first-order chi connectivity index (χ1) is 10.3. The van der Waals surface area contributed by atoms with Gasteiger partial charge < -0.3 is 18.9 Å². The maximum Gasteiger partial charge on any atom is 0.176 e. The van der Waals surface area contributed by atoms with Crippen molar-refractivity contribution in [3.05, 3.63) is 54.2 Å². The van der Waals surface area contributed by atoms with E-state index in [1.165, 1.54) is 0 Å². The standard InChI is InChI=1S/C17H19NO3/c1-12(9-14-6-4-8-20-14)18-11-15-10-13-5-3-7-16(19-2)17(13)21-15/h3-8,10,12,18H,9,11H2,1-2H3. The first kappa shape index (κ1) is 13.8. The van der Waals surface area contributed by atoms with Crippen LogP contribution in [0.25, 0.3) is 11.0 Å². The van der Waals surface area contributed by atoms with Crippen LogP contribution in [0.3, 0.4) is 0 Å². The molecule has 0 amide bonds. The van der Waals surface area contributed by atoms with Crippen molar-refractivity contribution >= 4 is 11.0 Å². The van der Waals surface area contributed by atoms with Gasteiger partial charge in [0.15, 0.2) is 11.3 Å². The van der Waals surface area contributed by atoms with Crippen molar-refractivity contribution in [1.82, 2.24) is 5.32 Å². The molecule has 110 valence electrons. The maximum atomic E-state index is 5.86. The molecule has 0 aliphatic heterocycles. The molecule has 3 aromatic rings. The molecule has 1 atom stereocenters. The molecule has 1 N–H and O–H groups in total. The van der Waals surface area contributed by atoms with Crippen LogP contribution in [0.1, 0.15) is 18.4 Å². The van der Waals surface area contributed by atoms with E-state index < -0.39 is 0 Å². The Morgan fingerprint density at radius 1 is 1.19 bits per heavy atom. The van der Waals surface area contributed by atoms with Crippen LogP contribution >= 0.6 is 0 Å². The molecule has 1 aromatic carbocycles. The molecule has 0 aliphatic carbocycles. The Labute approximate surface area is 123 Å². The van der Waals surface area contributed by atoms with Crippen molar-refractivity contribution in [2.45, 2.75) is 25.9 Å². The number of fused-ring (bicyclic) bond motifs is 1. The van der Waals surface area contributed by atoms with E-state index in [4.69, 9.17) is 13.6 Å². The van der Waals surface area contributed by atoms with Gasteiger partial charge in [-0.25, -0.2) is 0 Å². The lowest BCUT2D eigenvalue weighted by atomic mass is 10.2. The molecule has 3 rings (SSSR count). The second-order valence-corrected chi connectivity index (χ2v) is 5.16. The van der Waals surface area contributed by atoms with Gasteiger partial charge in [-0.05, 0) is 31.2 Å². The van der Waals surface area contributed by atoms with Crippen LogP contribution in [-0.2, 0) is 13.0 Å². The number of hydrogen-bond acceptors (Lipinski definition) is 4. The molecule has 2 aromatic heterocycles. The Morgan fingerprint density at radius 2 is 2.10 bits per heavy atom. The molecule has 0 fully saturated rings. The van der Waals surface area contributed by atoms with Crippen molar-refractivity contribution in [2.24, 2.45) is 0 Å². The summed E-state index contributed by atoms with van der Waals surface area (Å²) in [4.78, 5) is 0. The number of para-hydroxylation sites is 1. The van der Waals surface area contributed by atoms with Crippen molar-refractivity contribution in [3.63, 3.8) is 0 Å². The molecule has 0 bridgehead atoms. The molecule has 0 aliphatic rings. The fourth-order valence-corrected chi connectivity index (χ4v) is 2.42. The van der Waals surface area contributed by atoms with E-state index in [9.17, 15) is 0 Å². The van der Waals surface area contributed by atoms with E-state index in [0.717, 1.165) is 34.7 Å². The predicted octanol–water partition coefficient (Wildman–Crippen LogP) is 3.76. The van der Waals surface area contributed by atoms with Gasteiger partial charge in [-0.15, -0.1) is 0 Å². The number of benzene rings is 1. The van der Waals surface area contributed by atoms with Gasteiger partial charge in [0, 0.05) is 17.8 Å². The third-order valence-corrected chi connectivity index (χ3v) is 3.49. The quantitative estimate of drug-likeness (QED) is 0.749. The summed E-state index contributed by atoms with van der Waals surface area (Å²) in [5.41, 5.74) is 0.801. The molecule has 2 heterocycles. The summed E-state index contributed by atoms with van der Waals surface area (Å²) in [6.45, 7) is 2.81. The van der Waals surface area contributed by atoms with E-state index in [1.54, 1.807) is 13.4 Å². The van der Waals surface area contributed by atoms with E-state index in [0.29, 0.717) is 12.6 Å². The van der Waals surface area contributed by atoms with Crippen molar-refractivity contribution < 1.29 is 13.6 Å². The maximum absolute atomic E-state index is 5.86. The van der Waals surface area contributed by atoms with Crippen LogP contribution in [0, 0.1) is 0 Å². The Kier molecular flexibility index (Phi) is 3.97. The first-order valence-electron chi connectivity index (χ1n) is 7.07. The highest BCUT2D eigenvalue weighted by molar-refractivity contribution is 5.83. The number of ether oxygens (including phenoxy) is 1. The lowest BCUT2D eigenvalue weighted by Crippen LogP contribution is -2.27. The molecule has 0 radical (unpaired) electrons. The summed E-state index contributed by atoms with van der Waals surface area (Å²) in [6, 6.07) is 12.2. The second-order valence-electron chi connectivity index (χ2n) is 5.16. The largest absolute Gasteiger partial charge is 0.493 e. The molecule has 0 spiro atoms. The highest BCUT2D eigenvalue weighted by atomic mass is 16.5. The molecule has 21 heavy (non-hydrogen) atoms. The molecule has 0 saturated heterocycles. The third kappa shape index (κ3) is 3.11. The number of rotatable bonds is 6. The summed E-state index contributed by atoms with van der Waals surface area (Å²) < 4.78 is 16.5. The predicted molar refractivity (Wildman–Crippen MR) is 81.5 cm³/mol. The zero-order valence-corrected chi connectivity index (χ0v) is 12.3. The molecule has 0 saturated carbocycles. The van der Waals surface area contributed by atoms with Crippen molar-refractivity contribution in [2.75, 3.05) is 7.11 Å². The first-order valence-corrected chi connectivity index (χ1v) is 7.07. The smallest absolute Gasteiger partial charge is 0.176 e. The van der Waals surface area contributed by atoms with Gasteiger partial charge in [-0.1, -0.05) is 12.1 Å². The zero-order chi connectivity index (χ0) is 14.7. The highest BCUT2D eigenvalue weighted by Gasteiger charge is 2.10. The Morgan fingerprint density at radius 3 is 2.86 bits per heavy atom. The number of nitrogens with one attached hydrogen (secondary N) is 1. The monoisotopic (exact) mass is 285 g/mol. The minimum Gasteiger partial charge on any atom is -0.493 e. The summed E-state index contributed by atoms with van der Waals surface area (Å²) in [6.07, 6.45) is 2.56. The molecule has 4 heteroatoms. The number of furan rings is 2. The molecular weight excluding hydrogens is 266 g/mol. The van der Waals surface area contributed by atoms with Crippen LogP contribution in [0.2, 0.25) is 0 Å². The van der Waals surface area contributed by atoms with Gasteiger partial charge >= 0.3 is 0 Å². The molecule has 4 nitrogen and oxygen atoms in total. The summed E-state index contributed by atoms with van der Waals surface area (Å²) in [5.74, 6) is 2.66. The highest BCUT2D eigenvalue weighted by Crippen LogP contribution is 2.28. The average Bonchev–Trinajstić information content (AvgIpc) is 3.13. The van der Waals surface area contributed by atoms with Crippen molar-refractivity contribution in [1.29, 1.82) is 0 Å². The Hall–Kier alpha value is -2.20. The van der Waals surface area contributed by atoms with Gasteiger partial charge in [0.1, 0.15) is 11.5 Å². The Balaban J connectivity index is 1.65. The summed E-state index contributed by atoms with van der Waals surface area (Å²) in [5, 5.41) is 4.50. The number of hydrogen-bond donors (Lipinski definition) is 1. The van der Waals surface area contributed by atoms with Gasteiger partial charge in [-0.3, -0.25) is 0 Å². The van der Waals surface area contributed by atoms with E-state index in [2.05, 4.69) is 12.2 Å². The van der Waals surface area contributed by atoms with Crippen LogP contribution in [0.4, 0.5) is 0 Å². The topological polar surface area (TPSA) is 47.5 Å². The third-order valence-electron chi connectivity index (χ3n) is 3.49. The molecular formula is C17H19NO3. The minimum absolute atomic E-state index is 0.311. The van der Waals surface area contributed by atoms with Gasteiger partial charge in [0.05, 0.1) is 19.9 Å². The number of methoxy groups -OCH3 is 1. The summed E-state index contributed by atoms with van der Waals surface area (Å²) >= 11 is 0. The zero-order valence-electron chi connectivity index (χ0n) is 12.3. The fraction of sp³-hybridized carbons (Fsp3) is 0.294. The fourth-order valence-electron chi connectivity index (χ4n) is 2.42. The second kappa shape index (κ2) is 6.06. The van der Waals surface area contributed by atoms with Crippen LogP contribution in [0.5, 0.6) is 5.75 Å². The van der Waals surface area contributed by atoms with E-state index in [1.807, 2.05) is 36.4 Å².